The fourth-order valence-electron chi connectivity index (χ4n) is 5.97. The van der Waals surface area contributed by atoms with Gasteiger partial charge in [0.25, 0.3) is 5.91 Å². The molecule has 2 aliphatic rings. The number of esters is 1. The number of hydrogen-bond donors (Lipinski definition) is 1. The lowest BCUT2D eigenvalue weighted by Gasteiger charge is -2.49. The Morgan fingerprint density at radius 1 is 0.962 bits per heavy atom. The predicted octanol–water partition coefficient (Wildman–Crippen LogP) is 8.18. The zero-order valence-electron chi connectivity index (χ0n) is 26.9. The second-order valence-corrected chi connectivity index (χ2v) is 16.1. The van der Waals surface area contributed by atoms with Crippen LogP contribution in [0.25, 0.3) is 10.1 Å². The summed E-state index contributed by atoms with van der Waals surface area (Å²) in [5, 5.41) is 5.40. The van der Waals surface area contributed by atoms with Gasteiger partial charge in [0, 0.05) is 21.4 Å². The smallest absolute Gasteiger partial charge is 0.417 e. The monoisotopic (exact) mass is 776 g/mol. The van der Waals surface area contributed by atoms with Crippen LogP contribution in [0.5, 0.6) is 0 Å². The number of nitrogens with zero attached hydrogens (tertiary/aromatic N) is 1. The van der Waals surface area contributed by atoms with E-state index in [0.717, 1.165) is 45.2 Å². The number of thiophene rings is 1. The Morgan fingerprint density at radius 3 is 2.33 bits per heavy atom. The number of allylic oxidation sites excluding steroid dienone is 1. The zero-order valence-corrected chi connectivity index (χ0v) is 30.1. The van der Waals surface area contributed by atoms with Crippen LogP contribution < -0.4 is 10.7 Å². The van der Waals surface area contributed by atoms with Crippen LogP contribution in [0.1, 0.15) is 27.7 Å². The SMILES string of the molecule is O=C(Cc1cccs1)NC1C(=O)N2C(C(=O)OC(c3ccccc3)c3ccccc3)=C(C=CSc3cc(=O)c4c(C(F)(F)F)cccc4s3)CS[C@H]12. The minimum Gasteiger partial charge on any atom is -0.448 e. The summed E-state index contributed by atoms with van der Waals surface area (Å²) >= 11 is 4.98. The molecule has 2 aromatic heterocycles. The Labute approximate surface area is 312 Å². The van der Waals surface area contributed by atoms with Gasteiger partial charge in [-0.15, -0.1) is 34.4 Å². The van der Waals surface area contributed by atoms with Gasteiger partial charge in [-0.3, -0.25) is 19.3 Å². The summed E-state index contributed by atoms with van der Waals surface area (Å²) in [5.41, 5.74) is 0.236. The summed E-state index contributed by atoms with van der Waals surface area (Å²) in [6, 6.07) is 26.1. The van der Waals surface area contributed by atoms with Crippen molar-refractivity contribution < 1.29 is 32.3 Å². The maximum atomic E-state index is 14.2. The number of β-lactam (4-membered cyclic amide) rings is 1. The van der Waals surface area contributed by atoms with Gasteiger partial charge in [0.1, 0.15) is 17.1 Å². The van der Waals surface area contributed by atoms with Crippen LogP contribution in [0, 0.1) is 0 Å². The van der Waals surface area contributed by atoms with Gasteiger partial charge >= 0.3 is 12.1 Å². The number of carbonyl (C=O) groups is 3. The van der Waals surface area contributed by atoms with Gasteiger partial charge in [-0.25, -0.2) is 4.79 Å². The molecular formula is C38H27F3N2O5S4. The van der Waals surface area contributed by atoms with Gasteiger partial charge < -0.3 is 10.1 Å². The van der Waals surface area contributed by atoms with Crippen molar-refractivity contribution in [1.29, 1.82) is 0 Å². The van der Waals surface area contributed by atoms with Crippen LogP contribution in [0.3, 0.4) is 0 Å². The van der Waals surface area contributed by atoms with Gasteiger partial charge in [-0.05, 0) is 51.8 Å². The van der Waals surface area contributed by atoms with E-state index in [1.807, 2.05) is 78.2 Å². The normalized spacial score (nSPS) is 17.4. The van der Waals surface area contributed by atoms with E-state index < -0.39 is 46.6 Å². The number of rotatable bonds is 10. The van der Waals surface area contributed by atoms with Crippen molar-refractivity contribution in [2.24, 2.45) is 0 Å². The third kappa shape index (κ3) is 7.47. The maximum absolute atomic E-state index is 14.2. The first kappa shape index (κ1) is 35.8. The van der Waals surface area contributed by atoms with E-state index in [2.05, 4.69) is 5.32 Å². The number of ether oxygens (including phenoxy) is 1. The Morgan fingerprint density at radius 2 is 1.67 bits per heavy atom. The summed E-state index contributed by atoms with van der Waals surface area (Å²) < 4.78 is 47.6. The zero-order chi connectivity index (χ0) is 36.4. The number of thioether (sulfide) groups is 2. The molecule has 1 unspecified atom stereocenters. The van der Waals surface area contributed by atoms with Gasteiger partial charge in [-0.1, -0.05) is 84.6 Å². The molecule has 0 bridgehead atoms. The predicted molar refractivity (Wildman–Crippen MR) is 199 cm³/mol. The average Bonchev–Trinajstić information content (AvgIpc) is 3.65. The standard InChI is InChI=1S/C38H27F3N2O5S4/c39-38(40,41)26-14-7-15-28-31(26)27(44)20-30(52-28)50-18-16-24-21-51-36-32(42-29(45)19-25-13-8-17-49-25)35(46)43(36)33(24)37(47)48-34(22-9-3-1-4-10-22)23-11-5-2-6-12-23/h1-18,20,32,34,36H,19,21H2,(H,42,45)/t32?,36-/m1/s1. The molecule has 0 radical (unpaired) electrons. The Kier molecular flexibility index (Phi) is 10.4. The minimum atomic E-state index is -4.67. The molecule has 7 rings (SSSR count). The molecule has 4 heterocycles. The molecule has 2 atom stereocenters. The number of hydrogen-bond acceptors (Lipinski definition) is 9. The molecule has 1 fully saturated rings. The molecule has 264 valence electrons. The minimum absolute atomic E-state index is 0.0349. The van der Waals surface area contributed by atoms with Crippen LogP contribution in [-0.4, -0.2) is 39.9 Å². The fourth-order valence-corrected chi connectivity index (χ4v) is 10.0. The van der Waals surface area contributed by atoms with Crippen LogP contribution in [0.15, 0.2) is 134 Å². The van der Waals surface area contributed by atoms with Crippen molar-refractivity contribution in [2.75, 3.05) is 5.75 Å². The van der Waals surface area contributed by atoms with Crippen molar-refractivity contribution in [3.63, 3.8) is 0 Å². The second kappa shape index (κ2) is 15.2. The molecule has 0 saturated carbocycles. The summed E-state index contributed by atoms with van der Waals surface area (Å²) in [4.78, 5) is 55.8. The Balaban J connectivity index is 1.19. The van der Waals surface area contributed by atoms with E-state index >= 15 is 0 Å². The van der Waals surface area contributed by atoms with Crippen LogP contribution >= 0.6 is 46.2 Å². The molecule has 2 amide bonds. The van der Waals surface area contributed by atoms with Crippen LogP contribution in [0.2, 0.25) is 0 Å². The number of fused-ring (bicyclic) bond motifs is 2. The number of benzene rings is 3. The number of amides is 2. The van der Waals surface area contributed by atoms with E-state index in [4.69, 9.17) is 4.74 Å². The van der Waals surface area contributed by atoms with Crippen molar-refractivity contribution in [2.45, 2.75) is 34.3 Å². The molecule has 3 aromatic carbocycles. The lowest BCUT2D eigenvalue weighted by Crippen LogP contribution is -2.70. The van der Waals surface area contributed by atoms with Crippen molar-refractivity contribution in [3.05, 3.63) is 157 Å². The van der Waals surface area contributed by atoms with Gasteiger partial charge in [0.05, 0.1) is 21.6 Å². The number of halogens is 3. The highest BCUT2D eigenvalue weighted by Gasteiger charge is 2.54. The first-order valence-electron chi connectivity index (χ1n) is 15.9. The quantitative estimate of drug-likeness (QED) is 0.0870. The van der Waals surface area contributed by atoms with Gasteiger partial charge in [-0.2, -0.15) is 13.2 Å². The lowest BCUT2D eigenvalue weighted by molar-refractivity contribution is -0.154. The number of carbonyl (C=O) groups excluding carboxylic acids is 3. The van der Waals surface area contributed by atoms with Crippen molar-refractivity contribution >= 4 is 74.1 Å². The highest BCUT2D eigenvalue weighted by atomic mass is 32.2. The summed E-state index contributed by atoms with van der Waals surface area (Å²) in [7, 11) is 0. The third-order valence-electron chi connectivity index (χ3n) is 8.34. The second-order valence-electron chi connectivity index (χ2n) is 11.7. The summed E-state index contributed by atoms with van der Waals surface area (Å²) in [5.74, 6) is -1.20. The van der Waals surface area contributed by atoms with Gasteiger partial charge in [0.15, 0.2) is 11.5 Å². The topological polar surface area (TPSA) is 92.8 Å². The lowest BCUT2D eigenvalue weighted by atomic mass is 10.0. The van der Waals surface area contributed by atoms with E-state index in [0.29, 0.717) is 9.78 Å². The van der Waals surface area contributed by atoms with E-state index in [9.17, 15) is 32.3 Å². The van der Waals surface area contributed by atoms with Crippen molar-refractivity contribution in [3.8, 4) is 0 Å². The molecule has 0 aliphatic carbocycles. The fraction of sp³-hybridized carbons (Fsp3) is 0.158. The first-order valence-corrected chi connectivity index (χ1v) is 19.5. The molecule has 52 heavy (non-hydrogen) atoms. The van der Waals surface area contributed by atoms with E-state index in [1.54, 1.807) is 11.5 Å². The largest absolute Gasteiger partial charge is 0.448 e. The highest BCUT2D eigenvalue weighted by Crippen LogP contribution is 2.43. The van der Waals surface area contributed by atoms with Crippen molar-refractivity contribution in [1.82, 2.24) is 10.2 Å². The molecule has 14 heteroatoms. The Hall–Kier alpha value is -4.63. The van der Waals surface area contributed by atoms with Crippen LogP contribution in [-0.2, 0) is 31.7 Å². The number of alkyl halides is 3. The maximum Gasteiger partial charge on any atom is 0.417 e. The average molecular weight is 777 g/mol. The van der Waals surface area contributed by atoms with E-state index in [-0.39, 0.29) is 33.9 Å². The molecule has 2 aliphatic heterocycles. The molecule has 7 nitrogen and oxygen atoms in total. The van der Waals surface area contributed by atoms with Crippen LogP contribution in [0.4, 0.5) is 13.2 Å². The molecule has 0 spiro atoms. The number of nitrogens with one attached hydrogen (secondary N) is 1. The summed E-state index contributed by atoms with van der Waals surface area (Å²) in [6.45, 7) is 0. The molecule has 5 aromatic rings. The van der Waals surface area contributed by atoms with E-state index in [1.165, 1.54) is 46.2 Å². The molecule has 1 N–H and O–H groups in total. The highest BCUT2D eigenvalue weighted by molar-refractivity contribution is 8.04. The van der Waals surface area contributed by atoms with Gasteiger partial charge in [0.2, 0.25) is 5.91 Å². The first-order chi connectivity index (χ1) is 25.1. The third-order valence-corrected chi connectivity index (χ3v) is 12.6. The molecular weight excluding hydrogens is 750 g/mol. The molecule has 1 saturated heterocycles. The Bertz CT molecular complexity index is 2220. The summed E-state index contributed by atoms with van der Waals surface area (Å²) in [6.07, 6.45) is -3.69.